The van der Waals surface area contributed by atoms with Gasteiger partial charge in [0.25, 0.3) is 0 Å². The van der Waals surface area contributed by atoms with Gasteiger partial charge in [-0.25, -0.2) is 0 Å². The topological polar surface area (TPSA) is 29.1 Å². The molecule has 1 amide bonds. The Hall–Kier alpha value is -1.31. The van der Waals surface area contributed by atoms with Gasteiger partial charge >= 0.3 is 0 Å². The summed E-state index contributed by atoms with van der Waals surface area (Å²) in [6.45, 7) is 1.56. The molecule has 62 valence electrons. The highest BCUT2D eigenvalue weighted by Gasteiger charge is 2.25. The fraction of sp³-hybridized carbons (Fsp3) is 0.300. The van der Waals surface area contributed by atoms with Crippen LogP contribution in [0.4, 0.5) is 0 Å². The molecule has 0 unspecified atom stereocenters. The summed E-state index contributed by atoms with van der Waals surface area (Å²) in [7, 11) is 0. The Balaban J connectivity index is 2.15. The summed E-state index contributed by atoms with van der Waals surface area (Å²) in [6.07, 6.45) is 0.982. The maximum Gasteiger partial charge on any atom is 0.217 e. The van der Waals surface area contributed by atoms with Gasteiger partial charge in [-0.2, -0.15) is 0 Å². The van der Waals surface area contributed by atoms with Gasteiger partial charge in [0.05, 0.1) is 6.04 Å². The highest BCUT2D eigenvalue weighted by Crippen LogP contribution is 2.32. The number of hydrogen-bond donors (Lipinski definition) is 1. The minimum atomic E-state index is 0.0505. The maximum absolute atomic E-state index is 10.7. The largest absolute Gasteiger partial charge is 0.349 e. The predicted molar refractivity (Wildman–Crippen MR) is 46.7 cm³/mol. The van der Waals surface area contributed by atoms with Crippen molar-refractivity contribution < 1.29 is 4.79 Å². The molecule has 12 heavy (non-hydrogen) atoms. The van der Waals surface area contributed by atoms with Crippen molar-refractivity contribution in [2.45, 2.75) is 19.4 Å². The molecular weight excluding hydrogens is 150 g/mol. The normalized spacial score (nSPS) is 19.2. The van der Waals surface area contributed by atoms with Crippen molar-refractivity contribution in [2.24, 2.45) is 0 Å². The standard InChI is InChI=1S/C10H11NO/c1-7(12)11-10-6-8-4-2-3-5-9(8)10/h2-5,10H,6H2,1H3,(H,11,12)/t10-/m0/s1. The molecule has 1 aromatic carbocycles. The van der Waals surface area contributed by atoms with Gasteiger partial charge in [0.2, 0.25) is 5.91 Å². The summed E-state index contributed by atoms with van der Waals surface area (Å²) in [6, 6.07) is 8.47. The average Bonchev–Trinajstić information content (AvgIpc) is 2.00. The van der Waals surface area contributed by atoms with E-state index in [1.54, 1.807) is 6.92 Å². The van der Waals surface area contributed by atoms with Gasteiger partial charge in [0.1, 0.15) is 0 Å². The van der Waals surface area contributed by atoms with Gasteiger partial charge in [0, 0.05) is 6.92 Å². The van der Waals surface area contributed by atoms with E-state index in [9.17, 15) is 4.79 Å². The molecule has 0 bridgehead atoms. The van der Waals surface area contributed by atoms with E-state index < -0.39 is 0 Å². The second-order valence-corrected chi connectivity index (χ2v) is 3.16. The van der Waals surface area contributed by atoms with Crippen LogP contribution >= 0.6 is 0 Å². The summed E-state index contributed by atoms with van der Waals surface area (Å²) in [4.78, 5) is 10.7. The molecule has 0 saturated heterocycles. The van der Waals surface area contributed by atoms with Crippen LogP contribution in [0.1, 0.15) is 24.1 Å². The highest BCUT2D eigenvalue weighted by atomic mass is 16.1. The molecule has 0 heterocycles. The summed E-state index contributed by atoms with van der Waals surface area (Å²) in [5.41, 5.74) is 2.63. The zero-order chi connectivity index (χ0) is 8.55. The maximum atomic E-state index is 10.7. The third kappa shape index (κ3) is 1.09. The molecule has 1 N–H and O–H groups in total. The number of carbonyl (C=O) groups excluding carboxylic acids is 1. The quantitative estimate of drug-likeness (QED) is 0.663. The number of hydrogen-bond acceptors (Lipinski definition) is 1. The number of amides is 1. The summed E-state index contributed by atoms with van der Waals surface area (Å²) < 4.78 is 0. The van der Waals surface area contributed by atoms with Crippen molar-refractivity contribution in [3.05, 3.63) is 35.4 Å². The van der Waals surface area contributed by atoms with Crippen molar-refractivity contribution in [1.82, 2.24) is 5.32 Å². The zero-order valence-electron chi connectivity index (χ0n) is 7.00. The minimum Gasteiger partial charge on any atom is -0.349 e. The van der Waals surface area contributed by atoms with Crippen LogP contribution in [0.25, 0.3) is 0 Å². The number of nitrogens with one attached hydrogen (secondary N) is 1. The van der Waals surface area contributed by atoms with E-state index in [1.807, 2.05) is 12.1 Å². The van der Waals surface area contributed by atoms with E-state index in [0.29, 0.717) is 0 Å². The second kappa shape index (κ2) is 2.63. The Bertz CT molecular complexity index is 319. The van der Waals surface area contributed by atoms with Crippen molar-refractivity contribution in [2.75, 3.05) is 0 Å². The van der Waals surface area contributed by atoms with Gasteiger partial charge in [-0.3, -0.25) is 4.79 Å². The SMILES string of the molecule is CC(=O)N[C@H]1Cc2ccccc21. The first-order valence-electron chi connectivity index (χ1n) is 4.12. The molecule has 2 rings (SSSR count). The monoisotopic (exact) mass is 161 g/mol. The lowest BCUT2D eigenvalue weighted by atomic mass is 9.83. The number of fused-ring (bicyclic) bond motifs is 1. The summed E-state index contributed by atoms with van der Waals surface area (Å²) in [5, 5.41) is 2.90. The molecule has 1 aromatic rings. The molecule has 2 heteroatoms. The minimum absolute atomic E-state index is 0.0505. The van der Waals surface area contributed by atoms with Gasteiger partial charge in [-0.05, 0) is 17.5 Å². The van der Waals surface area contributed by atoms with Crippen LogP contribution in [-0.4, -0.2) is 5.91 Å². The Morgan fingerprint density at radius 2 is 2.25 bits per heavy atom. The number of benzene rings is 1. The van der Waals surface area contributed by atoms with E-state index in [1.165, 1.54) is 11.1 Å². The van der Waals surface area contributed by atoms with Crippen LogP contribution in [0.2, 0.25) is 0 Å². The van der Waals surface area contributed by atoms with Crippen LogP contribution < -0.4 is 5.32 Å². The van der Waals surface area contributed by atoms with Crippen LogP contribution in [0.3, 0.4) is 0 Å². The Morgan fingerprint density at radius 1 is 1.50 bits per heavy atom. The Morgan fingerprint density at radius 3 is 2.92 bits per heavy atom. The van der Waals surface area contributed by atoms with Crippen molar-refractivity contribution in [3.63, 3.8) is 0 Å². The van der Waals surface area contributed by atoms with E-state index in [2.05, 4.69) is 17.4 Å². The Labute approximate surface area is 71.6 Å². The average molecular weight is 161 g/mol. The third-order valence-electron chi connectivity index (χ3n) is 2.23. The molecule has 0 fully saturated rings. The molecule has 0 saturated carbocycles. The van der Waals surface area contributed by atoms with Crippen molar-refractivity contribution >= 4 is 5.91 Å². The molecule has 1 aliphatic rings. The van der Waals surface area contributed by atoms with Crippen LogP contribution in [0.15, 0.2) is 24.3 Å². The second-order valence-electron chi connectivity index (χ2n) is 3.16. The molecule has 1 atom stereocenters. The fourth-order valence-electron chi connectivity index (χ4n) is 1.63. The third-order valence-corrected chi connectivity index (χ3v) is 2.23. The highest BCUT2D eigenvalue weighted by molar-refractivity contribution is 5.74. The fourth-order valence-corrected chi connectivity index (χ4v) is 1.63. The predicted octanol–water partition coefficient (Wildman–Crippen LogP) is 1.42. The van der Waals surface area contributed by atoms with Gasteiger partial charge in [0.15, 0.2) is 0 Å². The zero-order valence-corrected chi connectivity index (χ0v) is 7.00. The van der Waals surface area contributed by atoms with Gasteiger partial charge in [-0.1, -0.05) is 24.3 Å². The molecule has 1 aliphatic carbocycles. The van der Waals surface area contributed by atoms with Gasteiger partial charge in [-0.15, -0.1) is 0 Å². The molecule has 2 nitrogen and oxygen atoms in total. The molecule has 0 aromatic heterocycles. The summed E-state index contributed by atoms with van der Waals surface area (Å²) in [5.74, 6) is 0.0505. The Kier molecular flexibility index (Phi) is 1.61. The van der Waals surface area contributed by atoms with E-state index in [0.717, 1.165) is 6.42 Å². The number of carbonyl (C=O) groups is 1. The first-order chi connectivity index (χ1) is 5.77. The van der Waals surface area contributed by atoms with E-state index >= 15 is 0 Å². The lowest BCUT2D eigenvalue weighted by molar-refractivity contribution is -0.119. The molecule has 0 spiro atoms. The summed E-state index contributed by atoms with van der Waals surface area (Å²) >= 11 is 0. The number of rotatable bonds is 1. The van der Waals surface area contributed by atoms with Crippen molar-refractivity contribution in [1.29, 1.82) is 0 Å². The first-order valence-corrected chi connectivity index (χ1v) is 4.12. The van der Waals surface area contributed by atoms with Crippen LogP contribution in [-0.2, 0) is 11.2 Å². The molecule has 0 radical (unpaired) electrons. The first kappa shape index (κ1) is 7.35. The van der Waals surface area contributed by atoms with Gasteiger partial charge < -0.3 is 5.32 Å². The molecular formula is C10H11NO. The van der Waals surface area contributed by atoms with Crippen LogP contribution in [0.5, 0.6) is 0 Å². The van der Waals surface area contributed by atoms with E-state index in [4.69, 9.17) is 0 Å². The van der Waals surface area contributed by atoms with Crippen LogP contribution in [0, 0.1) is 0 Å². The van der Waals surface area contributed by atoms with Crippen molar-refractivity contribution in [3.8, 4) is 0 Å². The lowest BCUT2D eigenvalue weighted by Gasteiger charge is -2.30. The smallest absolute Gasteiger partial charge is 0.217 e. The lowest BCUT2D eigenvalue weighted by Crippen LogP contribution is -2.34. The molecule has 0 aliphatic heterocycles. The van der Waals surface area contributed by atoms with E-state index in [-0.39, 0.29) is 11.9 Å².